The number of imidazole rings is 1. The molecule has 0 saturated carbocycles. The van der Waals surface area contributed by atoms with E-state index in [1.807, 2.05) is 78.8 Å². The number of benzene rings is 2. The van der Waals surface area contributed by atoms with Crippen LogP contribution in [0.1, 0.15) is 64.5 Å². The molecule has 71 heavy (non-hydrogen) atoms. The summed E-state index contributed by atoms with van der Waals surface area (Å²) >= 11 is 0. The first kappa shape index (κ1) is 50.2. The van der Waals surface area contributed by atoms with Crippen molar-refractivity contribution >= 4 is 74.9 Å². The highest BCUT2D eigenvalue weighted by Gasteiger charge is 2.26. The number of anilines is 1. The average molecular weight is 969 g/mol. The Hall–Kier alpha value is -8.69. The molecule has 5 N–H and O–H groups in total. The van der Waals surface area contributed by atoms with Crippen LogP contribution >= 0.6 is 0 Å². The molecule has 5 aromatic heterocycles. The second-order valence-corrected chi connectivity index (χ2v) is 16.6. The Bertz CT molecular complexity index is 3250. The van der Waals surface area contributed by atoms with E-state index in [1.165, 1.54) is 19.3 Å². The number of aromatic nitrogens is 9. The molecule has 0 saturated heterocycles. The van der Waals surface area contributed by atoms with Crippen molar-refractivity contribution in [3.63, 3.8) is 0 Å². The summed E-state index contributed by atoms with van der Waals surface area (Å²) in [6, 6.07) is 10.8. The first-order chi connectivity index (χ1) is 34.1. The van der Waals surface area contributed by atoms with E-state index in [1.54, 1.807) is 41.0 Å². The van der Waals surface area contributed by atoms with Gasteiger partial charge < -0.3 is 35.0 Å². The number of carbonyl (C=O) groups excluding carboxylic acids is 6. The quantitative estimate of drug-likeness (QED) is 0.0444. The van der Waals surface area contributed by atoms with Gasteiger partial charge in [0, 0.05) is 87.4 Å². The molecule has 6 amide bonds. The molecule has 6 heterocycles. The summed E-state index contributed by atoms with van der Waals surface area (Å²) in [5.74, 6) is -0.289. The molecule has 370 valence electrons. The van der Waals surface area contributed by atoms with Gasteiger partial charge in [-0.15, -0.1) is 0 Å². The van der Waals surface area contributed by atoms with Crippen LogP contribution in [-0.2, 0) is 45.4 Å². The Morgan fingerprint density at radius 3 is 2.20 bits per heavy atom. The topological polar surface area (TPSA) is 276 Å². The molecule has 0 radical (unpaired) electrons. The molecule has 0 unspecified atom stereocenters. The average Bonchev–Trinajstić information content (AvgIpc) is 4.16. The number of carbonyl (C=O) groups is 6. The number of methoxy groups -OCH3 is 1. The molecule has 22 nitrogen and oxygen atoms in total. The lowest BCUT2D eigenvalue weighted by molar-refractivity contribution is -0.138. The van der Waals surface area contributed by atoms with Gasteiger partial charge in [0.25, 0.3) is 17.7 Å². The summed E-state index contributed by atoms with van der Waals surface area (Å²) < 4.78 is 19.7. The largest absolute Gasteiger partial charge is 0.495 e. The number of hydrogen-bond acceptors (Lipinski definition) is 13. The number of primary amides is 2. The van der Waals surface area contributed by atoms with Crippen molar-refractivity contribution < 1.29 is 38.2 Å². The number of imide groups is 1. The van der Waals surface area contributed by atoms with Crippen LogP contribution in [0, 0.1) is 20.8 Å². The molecule has 7 aromatic rings. The molecular weight excluding hydrogens is 913 g/mol. The number of nitrogens with two attached hydrogens (primary N) is 2. The second-order valence-electron chi connectivity index (χ2n) is 16.6. The summed E-state index contributed by atoms with van der Waals surface area (Å²) in [6.45, 7) is 11.9. The summed E-state index contributed by atoms with van der Waals surface area (Å²) in [5.41, 5.74) is 16.3. The monoisotopic (exact) mass is 968 g/mol. The van der Waals surface area contributed by atoms with Crippen molar-refractivity contribution in [3.05, 3.63) is 95.1 Å². The minimum Gasteiger partial charge on any atom is -0.495 e. The minimum absolute atomic E-state index is 0.00906. The molecule has 0 atom stereocenters. The maximum Gasteiger partial charge on any atom is 0.276 e. The van der Waals surface area contributed by atoms with Crippen LogP contribution in [0.4, 0.5) is 5.95 Å². The molecule has 1 aliphatic rings. The number of ether oxygens (including phenoxy) is 2. The van der Waals surface area contributed by atoms with Crippen LogP contribution < -0.4 is 26.3 Å². The number of allylic oxidation sites excluding steroid dienone is 2. The fourth-order valence-corrected chi connectivity index (χ4v) is 8.43. The van der Waals surface area contributed by atoms with Gasteiger partial charge in [-0.05, 0) is 83.0 Å². The molecule has 0 aliphatic carbocycles. The predicted octanol–water partition coefficient (Wildman–Crippen LogP) is 4.22. The zero-order valence-corrected chi connectivity index (χ0v) is 40.6. The van der Waals surface area contributed by atoms with Crippen LogP contribution in [0.2, 0.25) is 0 Å². The van der Waals surface area contributed by atoms with Gasteiger partial charge in [-0.2, -0.15) is 10.2 Å². The zero-order chi connectivity index (χ0) is 51.1. The van der Waals surface area contributed by atoms with E-state index in [0.717, 1.165) is 21.9 Å². The van der Waals surface area contributed by atoms with Crippen molar-refractivity contribution in [1.82, 2.24) is 53.4 Å². The molecule has 8 rings (SSSR count). The third-order valence-electron chi connectivity index (χ3n) is 11.7. The van der Waals surface area contributed by atoms with E-state index in [2.05, 4.69) is 21.2 Å². The second kappa shape index (κ2) is 21.7. The number of hydrogen-bond donors (Lipinski definition) is 3. The highest BCUT2D eigenvalue weighted by Crippen LogP contribution is 2.37. The fourth-order valence-electron chi connectivity index (χ4n) is 8.43. The maximum atomic E-state index is 13.9. The van der Waals surface area contributed by atoms with Crippen molar-refractivity contribution in [3.8, 4) is 23.0 Å². The highest BCUT2D eigenvalue weighted by molar-refractivity contribution is 6.13. The Morgan fingerprint density at radius 1 is 0.845 bits per heavy atom. The normalized spacial score (nSPS) is 12.4. The molecule has 0 fully saturated rings. The van der Waals surface area contributed by atoms with Crippen molar-refractivity contribution in [1.29, 1.82) is 0 Å². The molecule has 0 spiro atoms. The van der Waals surface area contributed by atoms with E-state index in [4.69, 9.17) is 35.0 Å². The van der Waals surface area contributed by atoms with E-state index in [-0.39, 0.29) is 49.9 Å². The molecule has 0 bridgehead atoms. The van der Waals surface area contributed by atoms with Crippen molar-refractivity contribution in [2.75, 3.05) is 39.2 Å². The molecule has 2 aromatic carbocycles. The Morgan fingerprint density at radius 2 is 1.52 bits per heavy atom. The van der Waals surface area contributed by atoms with Gasteiger partial charge in [0.05, 0.1) is 36.1 Å². The van der Waals surface area contributed by atoms with E-state index < -0.39 is 17.7 Å². The molecule has 22 heteroatoms. The minimum atomic E-state index is -0.600. The number of nitrogens with zero attached hydrogens (tertiary/aromatic N) is 11. The van der Waals surface area contributed by atoms with Crippen LogP contribution in [0.25, 0.3) is 44.5 Å². The Balaban J connectivity index is 0.00000241. The van der Waals surface area contributed by atoms with Crippen molar-refractivity contribution in [2.45, 2.75) is 73.6 Å². The van der Waals surface area contributed by atoms with E-state index in [0.29, 0.717) is 100 Å². The van der Waals surface area contributed by atoms with Gasteiger partial charge in [0.15, 0.2) is 5.82 Å². The van der Waals surface area contributed by atoms with Gasteiger partial charge in [-0.1, -0.05) is 12.2 Å². The predicted molar refractivity (Wildman–Crippen MR) is 264 cm³/mol. The molecular formula is C49H56N14O8. The third kappa shape index (κ3) is 10.6. The standard InChI is InChI=1S/C48H53N13O7.CH3NO/c1-8-60-35(23-29(4)54-60)45-50-27-33-32-25-31(44(49)65)26-37(67-7)42(32)58(46(33)52-45)17-10-11-18-59-43-34(51-48(59)53-47(66)36-24-30(5)55-61(36)9-2)21-28(3)22-38(43)68-20-12-16-56(6)39(62)15-19-57-40(63)13-14-41(57)64;2-1-3/h10-11,13-14,21-27H,8-9,12,15-20H2,1-7H3,(H2,49,65)(H,51,53,66);1H,(H2,2,3)/b11-10+;. The number of aryl methyl sites for hydroxylation is 5. The summed E-state index contributed by atoms with van der Waals surface area (Å²) in [5, 5.41) is 13.5. The maximum absolute atomic E-state index is 13.9. The van der Waals surface area contributed by atoms with Gasteiger partial charge in [-0.25, -0.2) is 15.0 Å². The van der Waals surface area contributed by atoms with Crippen LogP contribution in [-0.4, -0.2) is 123 Å². The van der Waals surface area contributed by atoms with Gasteiger partial charge >= 0.3 is 0 Å². The SMILES string of the molecule is CCn1nc(C)cc1C(=O)Nc1nc2cc(C)cc(OCCCN(C)C(=O)CCN3C(=O)C=CC3=O)c2n1C/C=C/Cn1c2nc(-c3cc(C)nn3CC)ncc2c2cc(C(N)=O)cc(OC)c21.NC=O. The van der Waals surface area contributed by atoms with E-state index in [9.17, 15) is 24.0 Å². The van der Waals surface area contributed by atoms with Crippen LogP contribution in [0.15, 0.2) is 66.9 Å². The van der Waals surface area contributed by atoms with Gasteiger partial charge in [0.2, 0.25) is 24.2 Å². The number of nitrogens with one attached hydrogen (secondary N) is 1. The van der Waals surface area contributed by atoms with Crippen LogP contribution in [0.3, 0.4) is 0 Å². The zero-order valence-electron chi connectivity index (χ0n) is 40.6. The van der Waals surface area contributed by atoms with E-state index >= 15 is 0 Å². The van der Waals surface area contributed by atoms with Gasteiger partial charge in [-0.3, -0.25) is 48.3 Å². The lowest BCUT2D eigenvalue weighted by Crippen LogP contribution is -2.36. The van der Waals surface area contributed by atoms with Gasteiger partial charge in [0.1, 0.15) is 34.1 Å². The Kier molecular flexibility index (Phi) is 15.4. The number of amides is 6. The summed E-state index contributed by atoms with van der Waals surface area (Å²) in [4.78, 5) is 89.0. The smallest absolute Gasteiger partial charge is 0.276 e. The number of fused-ring (bicyclic) bond motifs is 4. The molecule has 1 aliphatic heterocycles. The lowest BCUT2D eigenvalue weighted by Gasteiger charge is -2.19. The number of rotatable bonds is 19. The van der Waals surface area contributed by atoms with Crippen molar-refractivity contribution in [2.24, 2.45) is 11.5 Å². The fraction of sp³-hybridized carbons (Fsp3) is 0.327. The first-order valence-electron chi connectivity index (χ1n) is 22.9. The Labute approximate surface area is 407 Å². The van der Waals surface area contributed by atoms with Crippen LogP contribution in [0.5, 0.6) is 11.5 Å². The third-order valence-corrected chi connectivity index (χ3v) is 11.7. The first-order valence-corrected chi connectivity index (χ1v) is 22.9. The summed E-state index contributed by atoms with van der Waals surface area (Å²) in [7, 11) is 3.21. The highest BCUT2D eigenvalue weighted by atomic mass is 16.5. The lowest BCUT2D eigenvalue weighted by atomic mass is 10.1. The summed E-state index contributed by atoms with van der Waals surface area (Å²) in [6.07, 6.45) is 8.81.